The molecule has 0 aliphatic heterocycles. The first-order chi connectivity index (χ1) is 7.77. The molecule has 0 aliphatic rings. The summed E-state index contributed by atoms with van der Waals surface area (Å²) in [5.41, 5.74) is 0.861. The van der Waals surface area contributed by atoms with Gasteiger partial charge in [-0.15, -0.1) is 0 Å². The molecule has 0 atom stereocenters. The van der Waals surface area contributed by atoms with Crippen molar-refractivity contribution in [3.63, 3.8) is 0 Å². The predicted octanol–water partition coefficient (Wildman–Crippen LogP) is 2.65. The second kappa shape index (κ2) is 4.57. The predicted molar refractivity (Wildman–Crippen MR) is 64.4 cm³/mol. The van der Waals surface area contributed by atoms with Crippen LogP contribution in [0.1, 0.15) is 0 Å². The van der Waals surface area contributed by atoms with Crippen molar-refractivity contribution in [1.82, 2.24) is 9.78 Å². The molecule has 1 aromatic carbocycles. The largest absolute Gasteiger partial charge is 0.494 e. The van der Waals surface area contributed by atoms with Crippen molar-refractivity contribution >= 4 is 15.9 Å². The van der Waals surface area contributed by atoms with E-state index in [4.69, 9.17) is 9.47 Å². The Morgan fingerprint density at radius 1 is 1.12 bits per heavy atom. The maximum absolute atomic E-state index is 5.28. The zero-order valence-electron chi connectivity index (χ0n) is 8.98. The molecule has 0 saturated carbocycles. The Morgan fingerprint density at radius 2 is 1.81 bits per heavy atom. The standard InChI is InChI=1S/C11H11BrN2O2/c1-15-9-6-4-3-5-8(9)14-11(12)10(16-2)7-13-14/h3-7H,1-2H3. The van der Waals surface area contributed by atoms with Crippen LogP contribution in [0.4, 0.5) is 0 Å². The van der Waals surface area contributed by atoms with Crippen molar-refractivity contribution in [3.8, 4) is 17.2 Å². The SMILES string of the molecule is COc1ccccc1-n1ncc(OC)c1Br. The summed E-state index contributed by atoms with van der Waals surface area (Å²) in [6.45, 7) is 0. The van der Waals surface area contributed by atoms with E-state index in [0.717, 1.165) is 16.0 Å². The molecule has 0 amide bonds. The molecule has 0 aliphatic carbocycles. The molecule has 0 fully saturated rings. The van der Waals surface area contributed by atoms with Crippen LogP contribution in [0.3, 0.4) is 0 Å². The number of rotatable bonds is 3. The van der Waals surface area contributed by atoms with Gasteiger partial charge in [-0.3, -0.25) is 0 Å². The minimum Gasteiger partial charge on any atom is -0.494 e. The van der Waals surface area contributed by atoms with E-state index in [1.165, 1.54) is 0 Å². The molecule has 2 aromatic rings. The van der Waals surface area contributed by atoms with Gasteiger partial charge in [0.1, 0.15) is 11.4 Å². The van der Waals surface area contributed by atoms with Crippen LogP contribution in [-0.2, 0) is 0 Å². The highest BCUT2D eigenvalue weighted by atomic mass is 79.9. The van der Waals surface area contributed by atoms with Gasteiger partial charge >= 0.3 is 0 Å². The van der Waals surface area contributed by atoms with Gasteiger partial charge in [-0.1, -0.05) is 12.1 Å². The molecule has 16 heavy (non-hydrogen) atoms. The molecule has 4 nitrogen and oxygen atoms in total. The van der Waals surface area contributed by atoms with Crippen LogP contribution in [0.5, 0.6) is 11.5 Å². The third-order valence-electron chi connectivity index (χ3n) is 2.21. The number of para-hydroxylation sites is 2. The van der Waals surface area contributed by atoms with E-state index in [0.29, 0.717) is 5.75 Å². The molecule has 0 saturated heterocycles. The van der Waals surface area contributed by atoms with Crippen LogP contribution in [-0.4, -0.2) is 24.0 Å². The molecule has 0 N–H and O–H groups in total. The monoisotopic (exact) mass is 282 g/mol. The van der Waals surface area contributed by atoms with Crippen molar-refractivity contribution in [3.05, 3.63) is 35.1 Å². The second-order valence-corrected chi connectivity index (χ2v) is 3.84. The Hall–Kier alpha value is -1.49. The fourth-order valence-corrected chi connectivity index (χ4v) is 1.97. The lowest BCUT2D eigenvalue weighted by Crippen LogP contribution is -1.99. The highest BCUT2D eigenvalue weighted by Crippen LogP contribution is 2.30. The first kappa shape index (κ1) is 11.0. The Kier molecular flexibility index (Phi) is 3.14. The summed E-state index contributed by atoms with van der Waals surface area (Å²) in [6, 6.07) is 7.65. The van der Waals surface area contributed by atoms with Crippen LogP contribution < -0.4 is 9.47 Å². The Balaban J connectivity index is 2.54. The van der Waals surface area contributed by atoms with E-state index >= 15 is 0 Å². The van der Waals surface area contributed by atoms with Gasteiger partial charge < -0.3 is 9.47 Å². The number of hydrogen-bond acceptors (Lipinski definition) is 3. The molecule has 0 bridgehead atoms. The molecule has 0 unspecified atom stereocenters. The summed E-state index contributed by atoms with van der Waals surface area (Å²) in [5.74, 6) is 1.44. The van der Waals surface area contributed by atoms with Crippen LogP contribution >= 0.6 is 15.9 Å². The highest BCUT2D eigenvalue weighted by Gasteiger charge is 2.12. The van der Waals surface area contributed by atoms with Crippen molar-refractivity contribution in [2.24, 2.45) is 0 Å². The zero-order valence-corrected chi connectivity index (χ0v) is 10.6. The highest BCUT2D eigenvalue weighted by molar-refractivity contribution is 9.10. The molecule has 84 valence electrons. The average molecular weight is 283 g/mol. The Labute approximate surface area is 102 Å². The number of nitrogens with zero attached hydrogens (tertiary/aromatic N) is 2. The number of ether oxygens (including phenoxy) is 2. The van der Waals surface area contributed by atoms with Gasteiger partial charge in [0.05, 0.1) is 20.4 Å². The minimum absolute atomic E-state index is 0.686. The average Bonchev–Trinajstić information content (AvgIpc) is 2.70. The van der Waals surface area contributed by atoms with Gasteiger partial charge in [0, 0.05) is 0 Å². The molecule has 0 spiro atoms. The Bertz CT molecular complexity index is 496. The number of aromatic nitrogens is 2. The van der Waals surface area contributed by atoms with Gasteiger partial charge in [-0.05, 0) is 28.1 Å². The van der Waals surface area contributed by atoms with Crippen LogP contribution in [0.2, 0.25) is 0 Å². The smallest absolute Gasteiger partial charge is 0.171 e. The van der Waals surface area contributed by atoms with E-state index in [1.807, 2.05) is 24.3 Å². The quantitative estimate of drug-likeness (QED) is 0.868. The summed E-state index contributed by atoms with van der Waals surface area (Å²) in [5, 5.41) is 4.23. The van der Waals surface area contributed by atoms with Crippen molar-refractivity contribution in [2.75, 3.05) is 14.2 Å². The van der Waals surface area contributed by atoms with E-state index in [-0.39, 0.29) is 0 Å². The van der Waals surface area contributed by atoms with E-state index in [9.17, 15) is 0 Å². The number of benzene rings is 1. The molecular weight excluding hydrogens is 272 g/mol. The van der Waals surface area contributed by atoms with Gasteiger partial charge in [-0.25, -0.2) is 4.68 Å². The molecule has 1 heterocycles. The number of hydrogen-bond donors (Lipinski definition) is 0. The van der Waals surface area contributed by atoms with Crippen LogP contribution in [0.25, 0.3) is 5.69 Å². The molecule has 1 aromatic heterocycles. The van der Waals surface area contributed by atoms with Crippen LogP contribution in [0.15, 0.2) is 35.1 Å². The first-order valence-corrected chi connectivity index (χ1v) is 5.48. The molecule has 5 heteroatoms. The summed E-state index contributed by atoms with van der Waals surface area (Å²) in [6.07, 6.45) is 1.65. The maximum atomic E-state index is 5.28. The van der Waals surface area contributed by atoms with E-state index in [1.54, 1.807) is 25.1 Å². The topological polar surface area (TPSA) is 36.3 Å². The lowest BCUT2D eigenvalue weighted by Gasteiger charge is -2.08. The summed E-state index contributed by atoms with van der Waals surface area (Å²) >= 11 is 3.43. The van der Waals surface area contributed by atoms with Gasteiger partial charge in [0.25, 0.3) is 0 Å². The van der Waals surface area contributed by atoms with E-state index in [2.05, 4.69) is 21.0 Å². The summed E-state index contributed by atoms with van der Waals surface area (Å²) in [7, 11) is 3.24. The second-order valence-electron chi connectivity index (χ2n) is 3.09. The van der Waals surface area contributed by atoms with Gasteiger partial charge in [0.15, 0.2) is 10.4 Å². The van der Waals surface area contributed by atoms with E-state index < -0.39 is 0 Å². The fourth-order valence-electron chi connectivity index (χ4n) is 1.43. The number of methoxy groups -OCH3 is 2. The maximum Gasteiger partial charge on any atom is 0.171 e. The molecule has 0 radical (unpaired) electrons. The van der Waals surface area contributed by atoms with Crippen molar-refractivity contribution in [1.29, 1.82) is 0 Å². The van der Waals surface area contributed by atoms with Crippen LogP contribution in [0, 0.1) is 0 Å². The first-order valence-electron chi connectivity index (χ1n) is 4.69. The van der Waals surface area contributed by atoms with Crippen molar-refractivity contribution < 1.29 is 9.47 Å². The summed E-state index contributed by atoms with van der Waals surface area (Å²) < 4.78 is 12.9. The summed E-state index contributed by atoms with van der Waals surface area (Å²) in [4.78, 5) is 0. The van der Waals surface area contributed by atoms with Gasteiger partial charge in [0.2, 0.25) is 0 Å². The third-order valence-corrected chi connectivity index (χ3v) is 2.94. The normalized spacial score (nSPS) is 10.2. The fraction of sp³-hybridized carbons (Fsp3) is 0.182. The minimum atomic E-state index is 0.686. The lowest BCUT2D eigenvalue weighted by atomic mass is 10.3. The Morgan fingerprint density at radius 3 is 2.44 bits per heavy atom. The number of halogens is 1. The lowest BCUT2D eigenvalue weighted by molar-refractivity contribution is 0.408. The zero-order chi connectivity index (χ0) is 11.5. The van der Waals surface area contributed by atoms with Crippen molar-refractivity contribution in [2.45, 2.75) is 0 Å². The molecule has 2 rings (SSSR count). The molecular formula is C11H11BrN2O2. The third kappa shape index (κ3) is 1.78. The van der Waals surface area contributed by atoms with Gasteiger partial charge in [-0.2, -0.15) is 5.10 Å².